The van der Waals surface area contributed by atoms with Crippen LogP contribution in [-0.4, -0.2) is 291 Å². The maximum absolute atomic E-state index is 15.6. The number of nitrogens with zero attached hydrogens (tertiary/aromatic N) is 16. The second-order valence-electron chi connectivity index (χ2n) is 25.5. The Kier molecular flexibility index (Phi) is 13.1. The Bertz CT molecular complexity index is 3330. The van der Waals surface area contributed by atoms with E-state index < -0.39 is 159 Å². The number of ether oxygens (including phenoxy) is 8. The van der Waals surface area contributed by atoms with Crippen molar-refractivity contribution in [3.05, 3.63) is 46.5 Å². The van der Waals surface area contributed by atoms with Gasteiger partial charge in [0.05, 0.1) is 26.2 Å². The summed E-state index contributed by atoms with van der Waals surface area (Å²) >= 11 is 0. The van der Waals surface area contributed by atoms with E-state index in [1.54, 1.807) is 52.0 Å². The lowest BCUT2D eigenvalue weighted by Crippen LogP contribution is -2.69. The molecule has 0 radical (unpaired) electrons. The van der Waals surface area contributed by atoms with Gasteiger partial charge < -0.3 is 37.9 Å². The summed E-state index contributed by atoms with van der Waals surface area (Å²) in [4.78, 5) is 194. The van der Waals surface area contributed by atoms with Crippen LogP contribution >= 0.6 is 0 Å². The first kappa shape index (κ1) is 60.0. The molecule has 13 heterocycles. The van der Waals surface area contributed by atoms with E-state index in [-0.39, 0.29) is 79.0 Å². The Morgan fingerprint density at radius 3 is 0.702 bits per heavy atom. The second-order valence-corrected chi connectivity index (χ2v) is 25.5. The van der Waals surface area contributed by atoms with Gasteiger partial charge in [0.2, 0.25) is 0 Å². The van der Waals surface area contributed by atoms with E-state index in [1.165, 1.54) is 106 Å². The van der Waals surface area contributed by atoms with Crippen molar-refractivity contribution >= 4 is 72.1 Å². The number of carbonyl (C=O) groups is 12. The van der Waals surface area contributed by atoms with Gasteiger partial charge in [0.25, 0.3) is 0 Å². The van der Waals surface area contributed by atoms with E-state index in [2.05, 4.69) is 0 Å². The van der Waals surface area contributed by atoms with Gasteiger partial charge in [-0.25, -0.2) is 38.4 Å². The Morgan fingerprint density at radius 2 is 0.500 bits per heavy atom. The Balaban J connectivity index is 0.753. The molecule has 2 aromatic rings. The Morgan fingerprint density at radius 1 is 0.309 bits per heavy atom. The van der Waals surface area contributed by atoms with Crippen LogP contribution in [-0.2, 0) is 64.3 Å². The molecule has 13 aliphatic rings. The van der Waals surface area contributed by atoms with Crippen molar-refractivity contribution in [2.24, 2.45) is 0 Å². The molecule has 11 fully saturated rings. The molecule has 0 spiro atoms. The average molecular weight is 1310 g/mol. The molecular formula is C58H68N16O20. The van der Waals surface area contributed by atoms with Crippen LogP contribution in [0.2, 0.25) is 0 Å². The molecule has 0 N–H and O–H groups in total. The fourth-order valence-corrected chi connectivity index (χ4v) is 16.5. The quantitative estimate of drug-likeness (QED) is 0.129. The minimum absolute atomic E-state index is 0.0687. The first-order valence-electron chi connectivity index (χ1n) is 30.8. The molecule has 13 aliphatic heterocycles. The molecule has 500 valence electrons. The molecule has 94 heavy (non-hydrogen) atoms. The van der Waals surface area contributed by atoms with Gasteiger partial charge >= 0.3 is 72.1 Å². The van der Waals surface area contributed by atoms with Crippen molar-refractivity contribution < 1.29 is 95.4 Å². The van der Waals surface area contributed by atoms with Crippen LogP contribution in [0.15, 0.2) is 24.3 Å². The maximum atomic E-state index is 15.6. The van der Waals surface area contributed by atoms with Crippen LogP contribution in [0.1, 0.15) is 77.6 Å². The summed E-state index contributed by atoms with van der Waals surface area (Å²) in [5, 5.41) is 0. The number of carbonyl (C=O) groups excluding carboxylic acids is 12. The lowest BCUT2D eigenvalue weighted by Gasteiger charge is -2.49. The van der Waals surface area contributed by atoms with Gasteiger partial charge in [0.15, 0.2) is 47.3 Å². The number of amides is 16. The third kappa shape index (κ3) is 7.76. The third-order valence-corrected chi connectivity index (χ3v) is 21.2. The van der Waals surface area contributed by atoms with E-state index in [4.69, 9.17) is 37.9 Å². The highest BCUT2D eigenvalue weighted by Gasteiger charge is 2.80. The predicted octanol–water partition coefficient (Wildman–Crippen LogP) is 1.04. The third-order valence-electron chi connectivity index (χ3n) is 21.2. The standard InChI is InChI=1S/C58H68N16O20/c1-31(75)87-13-17-91-39-9-10-40(92-18-14-88-32(2)76)36-22-68-52(84)72-28-64-45-43-59(47(79)63(45)27-71-51(83)67(21-35(36)39)55(68,5)57(71,72)7)25-61-44-46-65(49(61)81)29-73-53(85)69-23-37-38(42(94-20-16-90-34(4)78)12-11-41(37)93-19-15-89-33(3)77)24-70-54(86)74(58(73,8)56(69,70)6)30-66(46)50(82)62(44)26-60(43)48(64)80/h9-12,43-46H,13-30H2,1-8H3/t43-,44+,45+,46-,55+,56-,57-,58+. The number of benzene rings is 2. The number of hydrogen-bond acceptors (Lipinski definition) is 20. The lowest BCUT2D eigenvalue weighted by molar-refractivity contribution is -0.142. The number of fused-ring (bicyclic) bond motifs is 2. The van der Waals surface area contributed by atoms with Gasteiger partial charge in [-0.15, -0.1) is 0 Å². The molecule has 0 atom stereocenters. The molecule has 11 saturated heterocycles. The van der Waals surface area contributed by atoms with E-state index in [1.807, 2.05) is 0 Å². The molecule has 0 aromatic heterocycles. The first-order valence-corrected chi connectivity index (χ1v) is 30.8. The van der Waals surface area contributed by atoms with Crippen LogP contribution in [0.25, 0.3) is 0 Å². The number of rotatable bonds is 16. The summed E-state index contributed by atoms with van der Waals surface area (Å²) < 4.78 is 45.3. The summed E-state index contributed by atoms with van der Waals surface area (Å²) in [6.45, 7) is 7.77. The van der Waals surface area contributed by atoms with Gasteiger partial charge in [-0.2, -0.15) is 0 Å². The molecule has 0 bridgehead atoms. The van der Waals surface area contributed by atoms with Crippen molar-refractivity contribution in [2.75, 3.05) is 92.9 Å². The summed E-state index contributed by atoms with van der Waals surface area (Å²) in [5.74, 6) is -0.873. The van der Waals surface area contributed by atoms with Gasteiger partial charge in [0, 0.05) is 49.9 Å². The SMILES string of the molecule is CC(=O)OCCOc1ccc(OCCOC(C)=O)c2c1CN1C(=O)N3CN4C(=O)N5CN6C(=O)N7CN8C(=O)N9Cc%10c(OCCOC(C)=O)ccc(OCCOC(C)=O)c%10CN%10C(=O)N(CN%11C(=O)N(CN%12C(=O)N(CN%13C(=O)N(C2)[C@]1(C)[C@]%133C)[C@@H]4[C@@H]5%12)[C@@H]6[C@@H]7%11)[C@]8(C)[C@]%109C. The molecule has 0 aliphatic carbocycles. The highest BCUT2D eigenvalue weighted by molar-refractivity contribution is 5.94. The molecule has 15 rings (SSSR count). The Hall–Kier alpha value is -10.3. The minimum atomic E-state index is -1.62. The zero-order chi connectivity index (χ0) is 66.3. The maximum Gasteiger partial charge on any atom is 0.326 e. The zero-order valence-corrected chi connectivity index (χ0v) is 52.7. The minimum Gasteiger partial charge on any atom is -0.490 e. The molecule has 0 saturated carbocycles. The van der Waals surface area contributed by atoms with Crippen molar-refractivity contribution in [2.45, 2.75) is 129 Å². The normalized spacial score (nSPS) is 29.4. The summed E-state index contributed by atoms with van der Waals surface area (Å²) in [5.41, 5.74) is -4.48. The monoisotopic (exact) mass is 1310 g/mol. The van der Waals surface area contributed by atoms with Crippen molar-refractivity contribution in [3.8, 4) is 23.0 Å². The van der Waals surface area contributed by atoms with Gasteiger partial charge in [-0.1, -0.05) is 0 Å². The highest BCUT2D eigenvalue weighted by Crippen LogP contribution is 2.59. The smallest absolute Gasteiger partial charge is 0.326 e. The van der Waals surface area contributed by atoms with E-state index in [0.717, 1.165) is 0 Å². The van der Waals surface area contributed by atoms with E-state index in [9.17, 15) is 19.2 Å². The molecule has 0 unspecified atom stereocenters. The summed E-state index contributed by atoms with van der Waals surface area (Å²) in [7, 11) is 0. The lowest BCUT2D eigenvalue weighted by atomic mass is 9.95. The largest absolute Gasteiger partial charge is 0.490 e. The van der Waals surface area contributed by atoms with Crippen LogP contribution in [0.4, 0.5) is 38.4 Å². The molecule has 2 aromatic carbocycles. The summed E-state index contributed by atoms with van der Waals surface area (Å²) in [6.07, 6.45) is -4.84. The average Bonchev–Trinajstić information content (AvgIpc) is 1.50. The Labute approximate surface area is 535 Å². The van der Waals surface area contributed by atoms with Gasteiger partial charge in [0.1, 0.15) is 116 Å². The molecule has 36 heteroatoms. The molecule has 16 amide bonds. The zero-order valence-electron chi connectivity index (χ0n) is 52.7. The second kappa shape index (κ2) is 20.6. The van der Waals surface area contributed by atoms with Crippen molar-refractivity contribution in [1.82, 2.24) is 78.4 Å². The van der Waals surface area contributed by atoms with Crippen LogP contribution in [0, 0.1) is 0 Å². The number of urea groups is 8. The number of hydrogen-bond donors (Lipinski definition) is 0. The van der Waals surface area contributed by atoms with Crippen molar-refractivity contribution in [3.63, 3.8) is 0 Å². The molecular weight excluding hydrogens is 1240 g/mol. The van der Waals surface area contributed by atoms with Gasteiger partial charge in [-0.3, -0.25) is 97.6 Å². The first-order chi connectivity index (χ1) is 44.8. The fraction of sp³-hybridized carbons (Fsp3) is 0.586. The van der Waals surface area contributed by atoms with E-state index in [0.29, 0.717) is 45.3 Å². The number of esters is 4. The van der Waals surface area contributed by atoms with Crippen molar-refractivity contribution in [1.29, 1.82) is 0 Å². The topological polar surface area (TPSA) is 331 Å². The highest BCUT2D eigenvalue weighted by atomic mass is 16.6. The predicted molar refractivity (Wildman–Crippen MR) is 307 cm³/mol. The van der Waals surface area contributed by atoms with E-state index >= 15 is 38.4 Å². The van der Waals surface area contributed by atoms with Crippen LogP contribution in [0.3, 0.4) is 0 Å². The van der Waals surface area contributed by atoms with Gasteiger partial charge in [-0.05, 0) is 52.0 Å². The summed E-state index contributed by atoms with van der Waals surface area (Å²) in [6, 6.07) is 1.44. The molecule has 36 nitrogen and oxygen atoms in total. The fourth-order valence-electron chi connectivity index (χ4n) is 16.5. The van der Waals surface area contributed by atoms with Crippen LogP contribution in [0.5, 0.6) is 23.0 Å². The van der Waals surface area contributed by atoms with Crippen LogP contribution < -0.4 is 18.9 Å².